The number of benzene rings is 3. The van der Waals surface area contributed by atoms with Gasteiger partial charge in [0.1, 0.15) is 5.69 Å². The number of nitrogens with two attached hydrogens (primary N) is 1. The van der Waals surface area contributed by atoms with Gasteiger partial charge in [-0.05, 0) is 35.4 Å². The van der Waals surface area contributed by atoms with E-state index in [1.54, 1.807) is 18.2 Å². The van der Waals surface area contributed by atoms with Crippen LogP contribution in [-0.2, 0) is 10.8 Å². The molecule has 5 nitrogen and oxygen atoms in total. The van der Waals surface area contributed by atoms with E-state index in [1.807, 2.05) is 42.5 Å². The van der Waals surface area contributed by atoms with E-state index in [2.05, 4.69) is 0 Å². The van der Waals surface area contributed by atoms with Crippen LogP contribution in [0.2, 0.25) is 0 Å². The van der Waals surface area contributed by atoms with Crippen LogP contribution in [0.25, 0.3) is 11.1 Å². The molecule has 3 rings (SSSR count). The zero-order valence-corrected chi connectivity index (χ0v) is 13.4. The lowest BCUT2D eigenvalue weighted by molar-refractivity contribution is -0.384. The molecule has 3 aromatic rings. The molecule has 0 fully saturated rings. The predicted molar refractivity (Wildman–Crippen MR) is 94.1 cm³/mol. The quantitative estimate of drug-likeness (QED) is 0.442. The van der Waals surface area contributed by atoms with Crippen molar-refractivity contribution >= 4 is 22.2 Å². The Morgan fingerprint density at radius 2 is 1.42 bits per heavy atom. The Balaban J connectivity index is 1.91. The Morgan fingerprint density at radius 1 is 0.833 bits per heavy atom. The van der Waals surface area contributed by atoms with E-state index in [4.69, 9.17) is 5.73 Å². The van der Waals surface area contributed by atoms with E-state index >= 15 is 0 Å². The number of anilines is 1. The molecule has 2 N–H and O–H groups in total. The molecule has 0 bridgehead atoms. The van der Waals surface area contributed by atoms with Gasteiger partial charge in [0.05, 0.1) is 20.6 Å². The summed E-state index contributed by atoms with van der Waals surface area (Å²) >= 11 is 0. The van der Waals surface area contributed by atoms with E-state index in [0.29, 0.717) is 9.79 Å². The minimum atomic E-state index is -1.51. The van der Waals surface area contributed by atoms with Gasteiger partial charge in [-0.25, -0.2) is 4.21 Å². The van der Waals surface area contributed by atoms with Gasteiger partial charge in [-0.2, -0.15) is 0 Å². The van der Waals surface area contributed by atoms with Crippen molar-refractivity contribution in [3.8, 4) is 11.1 Å². The van der Waals surface area contributed by atoms with Crippen LogP contribution in [-0.4, -0.2) is 9.13 Å². The van der Waals surface area contributed by atoms with Crippen molar-refractivity contribution in [1.82, 2.24) is 0 Å². The summed E-state index contributed by atoms with van der Waals surface area (Å²) in [7, 11) is -1.51. The summed E-state index contributed by atoms with van der Waals surface area (Å²) < 4.78 is 12.6. The molecule has 0 heterocycles. The van der Waals surface area contributed by atoms with Gasteiger partial charge >= 0.3 is 0 Å². The number of nitrogens with zero attached hydrogens (tertiary/aromatic N) is 1. The zero-order valence-electron chi connectivity index (χ0n) is 12.6. The number of nitro groups is 1. The van der Waals surface area contributed by atoms with Gasteiger partial charge in [0.25, 0.3) is 5.69 Å². The second-order valence-corrected chi connectivity index (χ2v) is 6.62. The molecule has 24 heavy (non-hydrogen) atoms. The molecule has 0 aliphatic rings. The van der Waals surface area contributed by atoms with E-state index < -0.39 is 15.7 Å². The van der Waals surface area contributed by atoms with Crippen LogP contribution in [0.5, 0.6) is 0 Å². The molecule has 0 spiro atoms. The van der Waals surface area contributed by atoms with Gasteiger partial charge in [-0.3, -0.25) is 10.1 Å². The Bertz CT molecular complexity index is 909. The van der Waals surface area contributed by atoms with Crippen molar-refractivity contribution in [2.45, 2.75) is 9.79 Å². The standard InChI is InChI=1S/C18H14N2O3S/c19-17-11-10-16(12-18(17)20(21)22)24(23)15-8-6-14(7-9-15)13-4-2-1-3-5-13/h1-12H,19H2. The summed E-state index contributed by atoms with van der Waals surface area (Å²) in [4.78, 5) is 11.3. The first kappa shape index (κ1) is 15.9. The molecule has 0 amide bonds. The molecule has 3 aromatic carbocycles. The Hall–Kier alpha value is -2.99. The fourth-order valence-corrected chi connectivity index (χ4v) is 3.40. The minimum absolute atomic E-state index is 0.0557. The lowest BCUT2D eigenvalue weighted by Gasteiger charge is -2.06. The first-order valence-electron chi connectivity index (χ1n) is 7.17. The molecule has 6 heteroatoms. The second-order valence-electron chi connectivity index (χ2n) is 5.14. The van der Waals surface area contributed by atoms with Gasteiger partial charge < -0.3 is 5.73 Å². The van der Waals surface area contributed by atoms with Crippen LogP contribution < -0.4 is 5.73 Å². The van der Waals surface area contributed by atoms with Crippen molar-refractivity contribution in [2.75, 3.05) is 5.73 Å². The third kappa shape index (κ3) is 3.18. The first-order chi connectivity index (χ1) is 11.6. The summed E-state index contributed by atoms with van der Waals surface area (Å²) in [6, 6.07) is 21.4. The van der Waals surface area contributed by atoms with E-state index in [0.717, 1.165) is 11.1 Å². The molecule has 1 unspecified atom stereocenters. The molecule has 0 saturated carbocycles. The highest BCUT2D eigenvalue weighted by atomic mass is 32.2. The number of nitro benzene ring substituents is 1. The highest BCUT2D eigenvalue weighted by molar-refractivity contribution is 7.85. The maximum absolute atomic E-state index is 12.6. The maximum atomic E-state index is 12.6. The highest BCUT2D eigenvalue weighted by Crippen LogP contribution is 2.27. The van der Waals surface area contributed by atoms with Crippen LogP contribution in [0.1, 0.15) is 0 Å². The second kappa shape index (κ2) is 6.64. The number of hydrogen-bond acceptors (Lipinski definition) is 4. The average molecular weight is 338 g/mol. The number of hydrogen-bond donors (Lipinski definition) is 1. The SMILES string of the molecule is Nc1ccc(S(=O)c2ccc(-c3ccccc3)cc2)cc1[N+](=O)[O-]. The van der Waals surface area contributed by atoms with Gasteiger partial charge in [-0.1, -0.05) is 42.5 Å². The Kier molecular flexibility index (Phi) is 4.39. The van der Waals surface area contributed by atoms with Crippen LogP contribution in [0.4, 0.5) is 11.4 Å². The lowest BCUT2D eigenvalue weighted by atomic mass is 10.1. The van der Waals surface area contributed by atoms with E-state index in [-0.39, 0.29) is 11.4 Å². The molecule has 1 atom stereocenters. The predicted octanol–water partition coefficient (Wildman–Crippen LogP) is 4.01. The summed E-state index contributed by atoms with van der Waals surface area (Å²) in [6.07, 6.45) is 0. The minimum Gasteiger partial charge on any atom is -0.393 e. The average Bonchev–Trinajstić information content (AvgIpc) is 2.62. The summed E-state index contributed by atoms with van der Waals surface area (Å²) in [5, 5.41) is 11.0. The van der Waals surface area contributed by atoms with Crippen LogP contribution in [0.3, 0.4) is 0 Å². The first-order valence-corrected chi connectivity index (χ1v) is 8.32. The van der Waals surface area contributed by atoms with Crippen molar-refractivity contribution in [3.05, 3.63) is 82.9 Å². The molecule has 0 aromatic heterocycles. The molecule has 0 aliphatic heterocycles. The zero-order chi connectivity index (χ0) is 17.1. The third-order valence-electron chi connectivity index (χ3n) is 3.59. The van der Waals surface area contributed by atoms with Crippen LogP contribution >= 0.6 is 0 Å². The molecular formula is C18H14N2O3S. The summed E-state index contributed by atoms with van der Waals surface area (Å²) in [6.45, 7) is 0. The molecular weight excluding hydrogens is 324 g/mol. The fourth-order valence-electron chi connectivity index (χ4n) is 2.33. The molecule has 0 radical (unpaired) electrons. The normalized spacial score (nSPS) is 11.8. The summed E-state index contributed by atoms with van der Waals surface area (Å²) in [5.41, 5.74) is 7.48. The lowest BCUT2D eigenvalue weighted by Crippen LogP contribution is -1.99. The Labute approximate surface area is 141 Å². The summed E-state index contributed by atoms with van der Waals surface area (Å²) in [5.74, 6) is 0. The van der Waals surface area contributed by atoms with Crippen molar-refractivity contribution in [3.63, 3.8) is 0 Å². The highest BCUT2D eigenvalue weighted by Gasteiger charge is 2.16. The number of rotatable bonds is 4. The molecule has 120 valence electrons. The van der Waals surface area contributed by atoms with Crippen LogP contribution in [0.15, 0.2) is 82.6 Å². The third-order valence-corrected chi connectivity index (χ3v) is 4.97. The van der Waals surface area contributed by atoms with Crippen molar-refractivity contribution in [2.24, 2.45) is 0 Å². The van der Waals surface area contributed by atoms with Crippen molar-refractivity contribution in [1.29, 1.82) is 0 Å². The van der Waals surface area contributed by atoms with Crippen molar-refractivity contribution < 1.29 is 9.13 Å². The van der Waals surface area contributed by atoms with Gasteiger partial charge in [0.2, 0.25) is 0 Å². The maximum Gasteiger partial charge on any atom is 0.293 e. The van der Waals surface area contributed by atoms with E-state index in [9.17, 15) is 14.3 Å². The fraction of sp³-hybridized carbons (Fsp3) is 0. The van der Waals surface area contributed by atoms with Gasteiger partial charge in [0, 0.05) is 11.0 Å². The van der Waals surface area contributed by atoms with E-state index in [1.165, 1.54) is 12.1 Å². The Morgan fingerprint density at radius 3 is 2.04 bits per heavy atom. The monoisotopic (exact) mass is 338 g/mol. The van der Waals surface area contributed by atoms with Gasteiger partial charge in [-0.15, -0.1) is 0 Å². The largest absolute Gasteiger partial charge is 0.393 e. The molecule has 0 saturated heterocycles. The topological polar surface area (TPSA) is 86.2 Å². The van der Waals surface area contributed by atoms with Gasteiger partial charge in [0.15, 0.2) is 0 Å². The van der Waals surface area contributed by atoms with Crippen LogP contribution in [0, 0.1) is 10.1 Å². The molecule has 0 aliphatic carbocycles. The smallest absolute Gasteiger partial charge is 0.293 e. The number of nitrogen functional groups attached to an aromatic ring is 1.